The number of carbonyl (C=O) groups excluding carboxylic acids is 1. The van der Waals surface area contributed by atoms with Crippen LogP contribution in [0.15, 0.2) is 42.7 Å². The molecule has 0 spiro atoms. The second kappa shape index (κ2) is 8.35. The minimum Gasteiger partial charge on any atom is -0.497 e. The average molecular weight is 462 g/mol. The smallest absolute Gasteiger partial charge is 0.226 e. The number of methoxy groups -OCH3 is 1. The maximum atomic E-state index is 13.3. The van der Waals surface area contributed by atoms with Crippen LogP contribution < -0.4 is 4.74 Å². The lowest BCUT2D eigenvalue weighted by atomic mass is 9.52. The predicted octanol–water partition coefficient (Wildman–Crippen LogP) is 2.96. The van der Waals surface area contributed by atoms with Crippen molar-refractivity contribution >= 4 is 5.91 Å². The molecular weight excluding hydrogens is 426 g/mol. The number of likely N-dealkylation sites (tertiary alicyclic amines) is 2. The van der Waals surface area contributed by atoms with Gasteiger partial charge in [0, 0.05) is 43.5 Å². The van der Waals surface area contributed by atoms with Crippen LogP contribution in [0.25, 0.3) is 0 Å². The number of piperidine rings is 1. The summed E-state index contributed by atoms with van der Waals surface area (Å²) < 4.78 is 5.60. The van der Waals surface area contributed by atoms with E-state index in [0.717, 1.165) is 49.6 Å². The number of fused-ring (bicyclic) bond motifs is 1. The molecule has 34 heavy (non-hydrogen) atoms. The van der Waals surface area contributed by atoms with Crippen LogP contribution in [0.2, 0.25) is 0 Å². The van der Waals surface area contributed by atoms with Gasteiger partial charge in [0.15, 0.2) is 0 Å². The number of ether oxygens (including phenoxy) is 1. The standard InChI is InChI=1S/C28H35N3O3/c1-34-23-5-4-22-17-25-28(33)10-15-30(26(32)16-20-6-11-29-12-7-20)13-8-27(28,24(22)18-23)9-14-31(25)19-21-2-3-21/h4-7,11-12,18,21,25,33H,2-3,8-10,13-17,19H2,1H3. The molecule has 6 rings (SSSR count). The highest BCUT2D eigenvalue weighted by Crippen LogP contribution is 2.56. The molecule has 3 fully saturated rings. The second-order valence-electron chi connectivity index (χ2n) is 10.9. The zero-order valence-electron chi connectivity index (χ0n) is 20.1. The molecule has 6 heteroatoms. The van der Waals surface area contributed by atoms with Crippen LogP contribution in [0, 0.1) is 5.92 Å². The summed E-state index contributed by atoms with van der Waals surface area (Å²) in [5, 5.41) is 12.6. The minimum absolute atomic E-state index is 0.109. The zero-order chi connectivity index (χ0) is 23.3. The van der Waals surface area contributed by atoms with Crippen LogP contribution in [0.1, 0.15) is 48.8 Å². The second-order valence-corrected chi connectivity index (χ2v) is 10.9. The Morgan fingerprint density at radius 3 is 2.65 bits per heavy atom. The number of nitrogens with zero attached hydrogens (tertiary/aromatic N) is 3. The van der Waals surface area contributed by atoms with E-state index in [0.29, 0.717) is 25.9 Å². The first-order chi connectivity index (χ1) is 16.5. The minimum atomic E-state index is -0.842. The molecule has 1 aromatic carbocycles. The monoisotopic (exact) mass is 461 g/mol. The molecule has 2 aliphatic carbocycles. The van der Waals surface area contributed by atoms with Crippen molar-refractivity contribution in [2.75, 3.05) is 33.3 Å². The fraction of sp³-hybridized carbons (Fsp3) is 0.571. The van der Waals surface area contributed by atoms with Crippen molar-refractivity contribution in [3.63, 3.8) is 0 Å². The third-order valence-corrected chi connectivity index (χ3v) is 9.11. The molecule has 4 aliphatic rings. The molecule has 180 valence electrons. The van der Waals surface area contributed by atoms with Crippen LogP contribution in [0.5, 0.6) is 5.75 Å². The maximum absolute atomic E-state index is 13.3. The molecule has 3 atom stereocenters. The molecule has 2 saturated heterocycles. The lowest BCUT2D eigenvalue weighted by molar-refractivity contribution is -0.149. The molecule has 2 bridgehead atoms. The quantitative estimate of drug-likeness (QED) is 0.742. The van der Waals surface area contributed by atoms with E-state index in [4.69, 9.17) is 4.74 Å². The third kappa shape index (κ3) is 3.54. The van der Waals surface area contributed by atoms with E-state index in [1.807, 2.05) is 17.0 Å². The number of rotatable bonds is 5. The van der Waals surface area contributed by atoms with Crippen molar-refractivity contribution in [2.24, 2.45) is 5.92 Å². The highest BCUT2D eigenvalue weighted by atomic mass is 16.5. The topological polar surface area (TPSA) is 65.9 Å². The summed E-state index contributed by atoms with van der Waals surface area (Å²) in [6, 6.07) is 10.4. The first-order valence-corrected chi connectivity index (χ1v) is 12.8. The summed E-state index contributed by atoms with van der Waals surface area (Å²) >= 11 is 0. The number of aliphatic hydroxyl groups is 1. The van der Waals surface area contributed by atoms with Gasteiger partial charge in [-0.15, -0.1) is 0 Å². The van der Waals surface area contributed by atoms with Crippen LogP contribution >= 0.6 is 0 Å². The molecule has 2 aromatic rings. The van der Waals surface area contributed by atoms with Gasteiger partial charge in [0.1, 0.15) is 5.75 Å². The van der Waals surface area contributed by atoms with E-state index >= 15 is 0 Å². The van der Waals surface area contributed by atoms with Crippen LogP contribution in [-0.4, -0.2) is 70.7 Å². The average Bonchev–Trinajstić information content (AvgIpc) is 3.68. The Balaban J connectivity index is 1.35. The number of benzene rings is 1. The van der Waals surface area contributed by atoms with Gasteiger partial charge in [-0.25, -0.2) is 0 Å². The summed E-state index contributed by atoms with van der Waals surface area (Å²) in [5.74, 6) is 1.78. The third-order valence-electron chi connectivity index (χ3n) is 9.11. The van der Waals surface area contributed by atoms with Gasteiger partial charge in [-0.2, -0.15) is 0 Å². The summed E-state index contributed by atoms with van der Waals surface area (Å²) in [6.45, 7) is 3.40. The highest BCUT2D eigenvalue weighted by molar-refractivity contribution is 5.78. The largest absolute Gasteiger partial charge is 0.497 e. The van der Waals surface area contributed by atoms with Crippen molar-refractivity contribution < 1.29 is 14.6 Å². The van der Waals surface area contributed by atoms with Crippen LogP contribution in [0.4, 0.5) is 0 Å². The molecular formula is C28H35N3O3. The number of amides is 1. The summed E-state index contributed by atoms with van der Waals surface area (Å²) in [5.41, 5.74) is 2.40. The Morgan fingerprint density at radius 1 is 1.12 bits per heavy atom. The van der Waals surface area contributed by atoms with E-state index in [1.165, 1.54) is 24.0 Å². The molecule has 2 aliphatic heterocycles. The van der Waals surface area contributed by atoms with Gasteiger partial charge in [-0.05, 0) is 91.9 Å². The number of hydrogen-bond donors (Lipinski definition) is 1. The van der Waals surface area contributed by atoms with Gasteiger partial charge in [0.05, 0.1) is 19.1 Å². The number of pyridine rings is 1. The number of hydrogen-bond acceptors (Lipinski definition) is 5. The molecule has 1 aromatic heterocycles. The Bertz CT molecular complexity index is 1070. The normalized spacial score (nSPS) is 30.8. The van der Waals surface area contributed by atoms with Crippen molar-refractivity contribution in [2.45, 2.75) is 62.0 Å². The first kappa shape index (κ1) is 22.1. The molecule has 6 nitrogen and oxygen atoms in total. The van der Waals surface area contributed by atoms with Crippen molar-refractivity contribution in [1.82, 2.24) is 14.8 Å². The van der Waals surface area contributed by atoms with E-state index in [2.05, 4.69) is 28.1 Å². The molecule has 1 N–H and O–H groups in total. The van der Waals surface area contributed by atoms with Gasteiger partial charge in [-0.3, -0.25) is 14.7 Å². The summed E-state index contributed by atoms with van der Waals surface area (Å²) in [7, 11) is 1.71. The van der Waals surface area contributed by atoms with E-state index in [1.54, 1.807) is 19.5 Å². The first-order valence-electron chi connectivity index (χ1n) is 12.8. The fourth-order valence-electron chi connectivity index (χ4n) is 7.02. The Hall–Kier alpha value is -2.44. The Morgan fingerprint density at radius 2 is 1.88 bits per heavy atom. The van der Waals surface area contributed by atoms with E-state index in [9.17, 15) is 9.90 Å². The fourth-order valence-corrected chi connectivity index (χ4v) is 7.02. The van der Waals surface area contributed by atoms with E-state index in [-0.39, 0.29) is 17.4 Å². The van der Waals surface area contributed by atoms with Crippen molar-refractivity contribution in [3.05, 3.63) is 59.4 Å². The summed E-state index contributed by atoms with van der Waals surface area (Å²) in [4.78, 5) is 21.9. The van der Waals surface area contributed by atoms with Crippen LogP contribution in [-0.2, 0) is 23.1 Å². The molecule has 1 saturated carbocycles. The molecule has 1 amide bonds. The summed E-state index contributed by atoms with van der Waals surface area (Å²) in [6.07, 6.45) is 9.71. The molecule has 3 heterocycles. The van der Waals surface area contributed by atoms with Gasteiger partial charge >= 0.3 is 0 Å². The lowest BCUT2D eigenvalue weighted by Gasteiger charge is -2.61. The number of aromatic nitrogens is 1. The molecule has 0 radical (unpaired) electrons. The van der Waals surface area contributed by atoms with Gasteiger partial charge in [0.25, 0.3) is 0 Å². The SMILES string of the molecule is COc1ccc2c(c1)C13CCN(C(=O)Cc4ccncc4)CCC1(O)C(C2)N(CC1CC1)CC3. The van der Waals surface area contributed by atoms with Crippen molar-refractivity contribution in [1.29, 1.82) is 0 Å². The Labute approximate surface area is 201 Å². The predicted molar refractivity (Wildman–Crippen MR) is 130 cm³/mol. The lowest BCUT2D eigenvalue weighted by Crippen LogP contribution is -2.71. The molecule has 3 unspecified atom stereocenters. The van der Waals surface area contributed by atoms with Gasteiger partial charge in [-0.1, -0.05) is 6.07 Å². The van der Waals surface area contributed by atoms with Crippen LogP contribution in [0.3, 0.4) is 0 Å². The highest BCUT2D eigenvalue weighted by Gasteiger charge is 2.63. The van der Waals surface area contributed by atoms with Gasteiger partial charge < -0.3 is 14.7 Å². The zero-order valence-corrected chi connectivity index (χ0v) is 20.1. The van der Waals surface area contributed by atoms with Crippen molar-refractivity contribution in [3.8, 4) is 5.75 Å². The maximum Gasteiger partial charge on any atom is 0.226 e. The van der Waals surface area contributed by atoms with Gasteiger partial charge in [0.2, 0.25) is 5.91 Å². The number of carbonyl (C=O) groups is 1. The Kier molecular flexibility index (Phi) is 5.41. The van der Waals surface area contributed by atoms with E-state index < -0.39 is 5.60 Å².